The van der Waals surface area contributed by atoms with Crippen molar-refractivity contribution in [2.24, 2.45) is 11.7 Å². The molecule has 1 fully saturated rings. The number of urea groups is 1. The molecule has 0 saturated heterocycles. The van der Waals surface area contributed by atoms with Gasteiger partial charge in [-0.2, -0.15) is 0 Å². The van der Waals surface area contributed by atoms with Gasteiger partial charge in [-0.15, -0.1) is 0 Å². The first-order chi connectivity index (χ1) is 11.1. The molecule has 1 aromatic heterocycles. The van der Waals surface area contributed by atoms with E-state index in [1.54, 1.807) is 0 Å². The Morgan fingerprint density at radius 2 is 2.09 bits per heavy atom. The number of carbonyl (C=O) groups excluding carboxylic acids is 1. The van der Waals surface area contributed by atoms with E-state index in [1.807, 2.05) is 0 Å². The van der Waals surface area contributed by atoms with Crippen LogP contribution in [0.5, 0.6) is 5.75 Å². The summed E-state index contributed by atoms with van der Waals surface area (Å²) in [6, 6.07) is 0.942. The first kappa shape index (κ1) is 13.9. The summed E-state index contributed by atoms with van der Waals surface area (Å²) in [7, 11) is 0. The molecule has 0 radical (unpaired) electrons. The van der Waals surface area contributed by atoms with Crippen LogP contribution in [0.25, 0.3) is 0 Å². The van der Waals surface area contributed by atoms with E-state index in [9.17, 15) is 13.6 Å². The molecule has 6 nitrogen and oxygen atoms in total. The molecule has 0 spiro atoms. The van der Waals surface area contributed by atoms with Gasteiger partial charge in [-0.25, -0.2) is 18.6 Å². The fraction of sp³-hybridized carbons (Fsp3) is 0.267. The number of nitrogens with two attached hydrogens (primary N) is 1. The highest BCUT2D eigenvalue weighted by Crippen LogP contribution is 2.58. The molecule has 2 N–H and O–H groups in total. The predicted octanol–water partition coefficient (Wildman–Crippen LogP) is 1.81. The Morgan fingerprint density at radius 3 is 2.78 bits per heavy atom. The van der Waals surface area contributed by atoms with Crippen LogP contribution in [-0.2, 0) is 0 Å². The van der Waals surface area contributed by atoms with Gasteiger partial charge in [-0.1, -0.05) is 0 Å². The molecule has 1 aliphatic carbocycles. The van der Waals surface area contributed by atoms with Crippen LogP contribution in [0.2, 0.25) is 0 Å². The second-order valence-corrected chi connectivity index (χ2v) is 5.54. The van der Waals surface area contributed by atoms with Crippen LogP contribution in [0.1, 0.15) is 11.5 Å². The largest absolute Gasteiger partial charge is 0.490 e. The Kier molecular flexibility index (Phi) is 2.93. The molecule has 2 aliphatic rings. The molecule has 2 heterocycles. The molecular weight excluding hydrogens is 306 g/mol. The molecule has 23 heavy (non-hydrogen) atoms. The van der Waals surface area contributed by atoms with E-state index in [1.165, 1.54) is 23.5 Å². The SMILES string of the molecule is NC(=O)N(c1cnccn1)[C@@H]1[C@@H]2COc3c(F)ccc(F)c3[C@@H]21. The fourth-order valence-electron chi connectivity index (χ4n) is 3.31. The average molecular weight is 318 g/mol. The molecular formula is C15H12F2N4O2. The second-order valence-electron chi connectivity index (χ2n) is 5.54. The lowest BCUT2D eigenvalue weighted by Crippen LogP contribution is -2.39. The van der Waals surface area contributed by atoms with Crippen molar-refractivity contribution in [3.63, 3.8) is 0 Å². The Bertz CT molecular complexity index is 787. The van der Waals surface area contributed by atoms with Gasteiger partial charge < -0.3 is 10.5 Å². The van der Waals surface area contributed by atoms with Gasteiger partial charge in [0.05, 0.1) is 18.8 Å². The molecule has 3 atom stereocenters. The lowest BCUT2D eigenvalue weighted by atomic mass is 10.0. The summed E-state index contributed by atoms with van der Waals surface area (Å²) < 4.78 is 33.3. The minimum absolute atomic E-state index is 0.0858. The smallest absolute Gasteiger partial charge is 0.320 e. The highest BCUT2D eigenvalue weighted by Gasteiger charge is 2.60. The van der Waals surface area contributed by atoms with Gasteiger partial charge in [0, 0.05) is 29.8 Å². The van der Waals surface area contributed by atoms with E-state index in [0.717, 1.165) is 12.1 Å². The van der Waals surface area contributed by atoms with Crippen molar-refractivity contribution in [1.82, 2.24) is 9.97 Å². The van der Waals surface area contributed by atoms with Crippen LogP contribution in [0.4, 0.5) is 19.4 Å². The van der Waals surface area contributed by atoms with E-state index < -0.39 is 23.7 Å². The van der Waals surface area contributed by atoms with Crippen molar-refractivity contribution in [3.05, 3.63) is 47.9 Å². The van der Waals surface area contributed by atoms with Crippen LogP contribution in [0, 0.1) is 17.6 Å². The molecule has 118 valence electrons. The fourth-order valence-corrected chi connectivity index (χ4v) is 3.31. The van der Waals surface area contributed by atoms with Crippen molar-refractivity contribution < 1.29 is 18.3 Å². The van der Waals surface area contributed by atoms with Gasteiger partial charge in [-0.05, 0) is 12.1 Å². The summed E-state index contributed by atoms with van der Waals surface area (Å²) in [6.45, 7) is 0.187. The third kappa shape index (κ3) is 2.01. The first-order valence-corrected chi connectivity index (χ1v) is 7.05. The predicted molar refractivity (Wildman–Crippen MR) is 76.0 cm³/mol. The summed E-state index contributed by atoms with van der Waals surface area (Å²) in [5.74, 6) is -1.51. The van der Waals surface area contributed by atoms with E-state index >= 15 is 0 Å². The number of aromatic nitrogens is 2. The molecule has 1 aromatic carbocycles. The number of halogens is 2. The Hall–Kier alpha value is -2.77. The lowest BCUT2D eigenvalue weighted by molar-refractivity contribution is 0.250. The first-order valence-electron chi connectivity index (χ1n) is 7.05. The number of primary amides is 1. The molecule has 2 amide bonds. The van der Waals surface area contributed by atoms with Crippen molar-refractivity contribution in [3.8, 4) is 5.75 Å². The molecule has 4 rings (SSSR count). The number of rotatable bonds is 2. The van der Waals surface area contributed by atoms with Gasteiger partial charge in [0.1, 0.15) is 5.82 Å². The maximum Gasteiger partial charge on any atom is 0.320 e. The zero-order valence-corrected chi connectivity index (χ0v) is 11.8. The third-order valence-electron chi connectivity index (χ3n) is 4.31. The summed E-state index contributed by atoms with van der Waals surface area (Å²) >= 11 is 0. The Morgan fingerprint density at radius 1 is 1.30 bits per heavy atom. The maximum atomic E-state index is 14.2. The number of nitrogens with zero attached hydrogens (tertiary/aromatic N) is 3. The van der Waals surface area contributed by atoms with Crippen molar-refractivity contribution in [2.75, 3.05) is 11.5 Å². The zero-order chi connectivity index (χ0) is 16.1. The van der Waals surface area contributed by atoms with E-state index in [2.05, 4.69) is 9.97 Å². The number of fused-ring (bicyclic) bond motifs is 3. The monoisotopic (exact) mass is 318 g/mol. The van der Waals surface area contributed by atoms with Crippen LogP contribution in [0.15, 0.2) is 30.7 Å². The topological polar surface area (TPSA) is 81.3 Å². The summed E-state index contributed by atoms with van der Waals surface area (Å²) in [6.07, 6.45) is 4.30. The molecule has 1 aliphatic heterocycles. The maximum absolute atomic E-state index is 14.2. The molecule has 2 aromatic rings. The highest BCUT2D eigenvalue weighted by atomic mass is 19.1. The molecule has 8 heteroatoms. The number of hydrogen-bond donors (Lipinski definition) is 1. The standard InChI is InChI=1S/C15H12F2N4O2/c16-8-1-2-9(17)14-12(8)11-7(6-23-14)13(11)21(15(18)22)10-5-19-3-4-20-10/h1-5,7,11,13H,6H2,(H2,18,22)/t7-,11-,13-/m1/s1. The Labute approximate surface area is 129 Å². The highest BCUT2D eigenvalue weighted by molar-refractivity contribution is 5.91. The quantitative estimate of drug-likeness (QED) is 0.915. The average Bonchev–Trinajstić information content (AvgIpc) is 3.26. The van der Waals surface area contributed by atoms with Crippen LogP contribution >= 0.6 is 0 Å². The summed E-state index contributed by atoms with van der Waals surface area (Å²) in [4.78, 5) is 21.1. The number of carbonyl (C=O) groups is 1. The van der Waals surface area contributed by atoms with E-state index in [0.29, 0.717) is 0 Å². The molecule has 0 unspecified atom stereocenters. The number of ether oxygens (including phenoxy) is 1. The molecule has 0 bridgehead atoms. The number of anilines is 1. The lowest BCUT2D eigenvalue weighted by Gasteiger charge is -2.19. The van der Waals surface area contributed by atoms with Crippen molar-refractivity contribution in [1.29, 1.82) is 0 Å². The number of hydrogen-bond acceptors (Lipinski definition) is 4. The minimum atomic E-state index is -0.719. The number of benzene rings is 1. The minimum Gasteiger partial charge on any atom is -0.490 e. The van der Waals surface area contributed by atoms with Gasteiger partial charge in [0.25, 0.3) is 0 Å². The van der Waals surface area contributed by atoms with Crippen LogP contribution < -0.4 is 15.4 Å². The van der Waals surface area contributed by atoms with Gasteiger partial charge in [0.2, 0.25) is 0 Å². The van der Waals surface area contributed by atoms with Gasteiger partial charge >= 0.3 is 6.03 Å². The second kappa shape index (κ2) is 4.87. The van der Waals surface area contributed by atoms with E-state index in [4.69, 9.17) is 10.5 Å². The number of amides is 2. The van der Waals surface area contributed by atoms with Gasteiger partial charge in [0.15, 0.2) is 17.4 Å². The zero-order valence-electron chi connectivity index (χ0n) is 11.8. The van der Waals surface area contributed by atoms with Crippen LogP contribution in [-0.4, -0.2) is 28.6 Å². The summed E-state index contributed by atoms with van der Waals surface area (Å²) in [5, 5.41) is 0. The Balaban J connectivity index is 1.75. The van der Waals surface area contributed by atoms with E-state index in [-0.39, 0.29) is 35.6 Å². The normalized spacial score (nSPS) is 24.2. The van der Waals surface area contributed by atoms with Gasteiger partial charge in [-0.3, -0.25) is 9.88 Å². The van der Waals surface area contributed by atoms with Crippen LogP contribution in [0.3, 0.4) is 0 Å². The molecule has 1 saturated carbocycles. The third-order valence-corrected chi connectivity index (χ3v) is 4.31. The van der Waals surface area contributed by atoms with Crippen molar-refractivity contribution >= 4 is 11.8 Å². The van der Waals surface area contributed by atoms with Crippen molar-refractivity contribution in [2.45, 2.75) is 12.0 Å². The summed E-state index contributed by atoms with van der Waals surface area (Å²) in [5.41, 5.74) is 5.62.